The number of benzene rings is 1. The zero-order chi connectivity index (χ0) is 11.0. The average Bonchev–Trinajstić information content (AvgIpc) is 2.15. The molecule has 2 aromatic rings. The lowest BCUT2D eigenvalue weighted by molar-refractivity contribution is 0.629. The minimum atomic E-state index is -0.320. The zero-order valence-corrected chi connectivity index (χ0v) is 8.92. The number of rotatable bonds is 1. The van der Waals surface area contributed by atoms with Gasteiger partial charge < -0.3 is 5.73 Å². The van der Waals surface area contributed by atoms with Gasteiger partial charge in [-0.2, -0.15) is 0 Å². The van der Waals surface area contributed by atoms with Crippen molar-refractivity contribution >= 4 is 22.5 Å². The van der Waals surface area contributed by atoms with Crippen molar-refractivity contribution in [1.82, 2.24) is 4.98 Å². The molecule has 15 heavy (non-hydrogen) atoms. The molecule has 1 aromatic heterocycles. The van der Waals surface area contributed by atoms with Gasteiger partial charge in [-0.1, -0.05) is 11.6 Å². The van der Waals surface area contributed by atoms with Crippen LogP contribution in [0.3, 0.4) is 0 Å². The Kier molecular flexibility index (Phi) is 2.59. The quantitative estimate of drug-likeness (QED) is 0.757. The molecule has 2 nitrogen and oxygen atoms in total. The third kappa shape index (κ3) is 1.94. The van der Waals surface area contributed by atoms with Crippen molar-refractivity contribution in [3.8, 4) is 0 Å². The maximum absolute atomic E-state index is 12.9. The Hall–Kier alpha value is -1.19. The van der Waals surface area contributed by atoms with Crippen molar-refractivity contribution < 1.29 is 4.39 Å². The van der Waals surface area contributed by atoms with Crippen molar-refractivity contribution in [3.63, 3.8) is 0 Å². The molecule has 1 atom stereocenters. The van der Waals surface area contributed by atoms with Crippen LogP contribution in [0.4, 0.5) is 4.39 Å². The van der Waals surface area contributed by atoms with Gasteiger partial charge in [-0.25, -0.2) is 9.37 Å². The summed E-state index contributed by atoms with van der Waals surface area (Å²) in [4.78, 5) is 4.10. The average molecular weight is 225 g/mol. The van der Waals surface area contributed by atoms with E-state index in [1.807, 2.05) is 13.0 Å². The van der Waals surface area contributed by atoms with Crippen LogP contribution in [0.5, 0.6) is 0 Å². The summed E-state index contributed by atoms with van der Waals surface area (Å²) >= 11 is 5.94. The van der Waals surface area contributed by atoms with E-state index in [1.165, 1.54) is 12.1 Å². The van der Waals surface area contributed by atoms with Crippen LogP contribution < -0.4 is 5.73 Å². The van der Waals surface area contributed by atoms with E-state index in [9.17, 15) is 4.39 Å². The molecule has 2 rings (SSSR count). The molecular weight excluding hydrogens is 215 g/mol. The molecule has 1 aromatic carbocycles. The topological polar surface area (TPSA) is 38.9 Å². The summed E-state index contributed by atoms with van der Waals surface area (Å²) in [7, 11) is 0. The molecule has 0 radical (unpaired) electrons. The van der Waals surface area contributed by atoms with Crippen molar-refractivity contribution in [2.24, 2.45) is 5.73 Å². The second-order valence-corrected chi connectivity index (χ2v) is 3.85. The predicted octanol–water partition coefficient (Wildman–Crippen LogP) is 3.05. The van der Waals surface area contributed by atoms with Crippen LogP contribution in [-0.4, -0.2) is 4.98 Å². The Morgan fingerprint density at radius 1 is 1.40 bits per heavy atom. The van der Waals surface area contributed by atoms with E-state index in [-0.39, 0.29) is 11.9 Å². The molecule has 78 valence electrons. The maximum atomic E-state index is 12.9. The van der Waals surface area contributed by atoms with E-state index in [2.05, 4.69) is 4.98 Å². The largest absolute Gasteiger partial charge is 0.324 e. The number of aromatic nitrogens is 1. The molecule has 0 aliphatic heterocycles. The molecule has 1 heterocycles. The Labute approximate surface area is 91.9 Å². The van der Waals surface area contributed by atoms with E-state index in [0.29, 0.717) is 10.7 Å². The van der Waals surface area contributed by atoms with Crippen molar-refractivity contribution in [2.75, 3.05) is 0 Å². The number of pyridine rings is 1. The third-order valence-electron chi connectivity index (χ3n) is 2.25. The zero-order valence-electron chi connectivity index (χ0n) is 8.17. The Balaban J connectivity index is 2.71. The van der Waals surface area contributed by atoms with E-state index in [1.54, 1.807) is 6.07 Å². The van der Waals surface area contributed by atoms with Gasteiger partial charge in [0.15, 0.2) is 0 Å². The van der Waals surface area contributed by atoms with Crippen molar-refractivity contribution in [1.29, 1.82) is 0 Å². The van der Waals surface area contributed by atoms with Gasteiger partial charge in [-0.05, 0) is 25.1 Å². The van der Waals surface area contributed by atoms with Crippen LogP contribution in [0.15, 0.2) is 24.3 Å². The minimum Gasteiger partial charge on any atom is -0.324 e. The van der Waals surface area contributed by atoms with E-state index < -0.39 is 0 Å². The SMILES string of the molecule is C[C@H](N)c1cc2ccc(F)cc2nc1Cl. The van der Waals surface area contributed by atoms with E-state index in [4.69, 9.17) is 17.3 Å². The van der Waals surface area contributed by atoms with Crippen LogP contribution >= 0.6 is 11.6 Å². The predicted molar refractivity (Wildman–Crippen MR) is 59.3 cm³/mol. The lowest BCUT2D eigenvalue weighted by Gasteiger charge is -2.08. The molecule has 0 saturated carbocycles. The lowest BCUT2D eigenvalue weighted by atomic mass is 10.1. The fraction of sp³-hybridized carbons (Fsp3) is 0.182. The molecule has 0 saturated heterocycles. The Morgan fingerprint density at radius 2 is 2.13 bits per heavy atom. The van der Waals surface area contributed by atoms with Crippen LogP contribution in [-0.2, 0) is 0 Å². The standard InChI is InChI=1S/C11H10ClFN2/c1-6(14)9-4-7-2-3-8(13)5-10(7)15-11(9)12/h2-6H,14H2,1H3/t6-/m0/s1. The fourth-order valence-corrected chi connectivity index (χ4v) is 1.77. The summed E-state index contributed by atoms with van der Waals surface area (Å²) in [5.41, 5.74) is 7.06. The van der Waals surface area contributed by atoms with Crippen LogP contribution in [0.1, 0.15) is 18.5 Å². The molecule has 0 fully saturated rings. The molecule has 2 N–H and O–H groups in total. The van der Waals surface area contributed by atoms with Crippen LogP contribution in [0.2, 0.25) is 5.15 Å². The first-order valence-electron chi connectivity index (χ1n) is 4.59. The van der Waals surface area contributed by atoms with Gasteiger partial charge in [0.05, 0.1) is 5.52 Å². The normalized spacial score (nSPS) is 13.1. The molecule has 0 aliphatic carbocycles. The van der Waals surface area contributed by atoms with Gasteiger partial charge in [-0.15, -0.1) is 0 Å². The molecule has 0 amide bonds. The molecule has 0 aliphatic rings. The lowest BCUT2D eigenvalue weighted by Crippen LogP contribution is -2.06. The number of nitrogens with two attached hydrogens (primary N) is 1. The highest BCUT2D eigenvalue weighted by Gasteiger charge is 2.08. The molecule has 4 heteroatoms. The fourth-order valence-electron chi connectivity index (χ4n) is 1.45. The maximum Gasteiger partial charge on any atom is 0.134 e. The van der Waals surface area contributed by atoms with E-state index in [0.717, 1.165) is 10.9 Å². The summed E-state index contributed by atoms with van der Waals surface area (Å²) in [5, 5.41) is 1.18. The highest BCUT2D eigenvalue weighted by atomic mass is 35.5. The van der Waals surface area contributed by atoms with Gasteiger partial charge in [-0.3, -0.25) is 0 Å². The first-order chi connectivity index (χ1) is 7.08. The summed E-state index contributed by atoms with van der Waals surface area (Å²) in [6.45, 7) is 1.83. The number of fused-ring (bicyclic) bond motifs is 1. The smallest absolute Gasteiger partial charge is 0.134 e. The highest BCUT2D eigenvalue weighted by Crippen LogP contribution is 2.24. The van der Waals surface area contributed by atoms with Gasteiger partial charge in [0.2, 0.25) is 0 Å². The second-order valence-electron chi connectivity index (χ2n) is 3.49. The van der Waals surface area contributed by atoms with Crippen LogP contribution in [0, 0.1) is 5.82 Å². The number of nitrogens with zero attached hydrogens (tertiary/aromatic N) is 1. The molecular formula is C11H10ClFN2. The third-order valence-corrected chi connectivity index (χ3v) is 2.55. The van der Waals surface area contributed by atoms with Crippen LogP contribution in [0.25, 0.3) is 10.9 Å². The van der Waals surface area contributed by atoms with Gasteiger partial charge >= 0.3 is 0 Å². The highest BCUT2D eigenvalue weighted by molar-refractivity contribution is 6.30. The Bertz CT molecular complexity index is 511. The minimum absolute atomic E-state index is 0.181. The molecule has 0 spiro atoms. The first-order valence-corrected chi connectivity index (χ1v) is 4.97. The van der Waals surface area contributed by atoms with Crippen molar-refractivity contribution in [2.45, 2.75) is 13.0 Å². The van der Waals surface area contributed by atoms with Gasteiger partial charge in [0, 0.05) is 23.1 Å². The summed E-state index contributed by atoms with van der Waals surface area (Å²) < 4.78 is 12.9. The second kappa shape index (κ2) is 3.76. The molecule has 0 bridgehead atoms. The number of hydrogen-bond donors (Lipinski definition) is 1. The van der Waals surface area contributed by atoms with Gasteiger partial charge in [0.25, 0.3) is 0 Å². The van der Waals surface area contributed by atoms with Gasteiger partial charge in [0.1, 0.15) is 11.0 Å². The molecule has 0 unspecified atom stereocenters. The summed E-state index contributed by atoms with van der Waals surface area (Å²) in [5.74, 6) is -0.320. The summed E-state index contributed by atoms with van der Waals surface area (Å²) in [6.07, 6.45) is 0. The summed E-state index contributed by atoms with van der Waals surface area (Å²) in [6, 6.07) is 6.07. The Morgan fingerprint density at radius 3 is 2.80 bits per heavy atom. The number of hydrogen-bond acceptors (Lipinski definition) is 2. The monoisotopic (exact) mass is 224 g/mol. The van der Waals surface area contributed by atoms with Crippen molar-refractivity contribution in [3.05, 3.63) is 40.8 Å². The van der Waals surface area contributed by atoms with E-state index >= 15 is 0 Å². The number of halogens is 2. The first kappa shape index (κ1) is 10.3.